The van der Waals surface area contributed by atoms with Crippen LogP contribution in [0.15, 0.2) is 5.51 Å². The zero-order valence-corrected chi connectivity index (χ0v) is 10.8. The first-order valence-corrected chi connectivity index (χ1v) is 7.22. The molecule has 6 heteroatoms. The molecule has 0 aliphatic carbocycles. The van der Waals surface area contributed by atoms with Crippen molar-refractivity contribution in [2.45, 2.75) is 24.8 Å². The molecule has 0 radical (unpaired) electrons. The summed E-state index contributed by atoms with van der Waals surface area (Å²) in [5.41, 5.74) is 2.46. The molecule has 2 atom stereocenters. The first-order chi connectivity index (χ1) is 7.63. The van der Waals surface area contributed by atoms with Crippen LogP contribution in [0.5, 0.6) is 0 Å². The lowest BCUT2D eigenvalue weighted by Gasteiger charge is -2.22. The maximum atomic E-state index is 12.2. The van der Waals surface area contributed by atoms with Crippen molar-refractivity contribution in [3.05, 3.63) is 16.1 Å². The van der Waals surface area contributed by atoms with E-state index in [4.69, 9.17) is 0 Å². The van der Waals surface area contributed by atoms with Crippen molar-refractivity contribution >= 4 is 29.0 Å². The van der Waals surface area contributed by atoms with Gasteiger partial charge in [-0.3, -0.25) is 4.79 Å². The van der Waals surface area contributed by atoms with E-state index in [-0.39, 0.29) is 11.3 Å². The van der Waals surface area contributed by atoms with E-state index in [0.717, 1.165) is 5.69 Å². The van der Waals surface area contributed by atoms with Crippen molar-refractivity contribution in [2.24, 2.45) is 0 Å². The summed E-state index contributed by atoms with van der Waals surface area (Å²) in [4.78, 5) is 18.7. The molecule has 0 unspecified atom stereocenters. The van der Waals surface area contributed by atoms with Crippen LogP contribution < -0.4 is 0 Å². The number of carbonyl (C=O) groups excluding carboxylic acids is 1. The monoisotopic (exact) mass is 258 g/mol. The maximum absolute atomic E-state index is 12.2. The Morgan fingerprint density at radius 1 is 1.75 bits per heavy atom. The van der Waals surface area contributed by atoms with Gasteiger partial charge in [0.1, 0.15) is 4.88 Å². The van der Waals surface area contributed by atoms with Crippen LogP contribution in [0.25, 0.3) is 0 Å². The molecule has 0 saturated carbocycles. The third-order valence-electron chi connectivity index (χ3n) is 2.70. The quantitative estimate of drug-likeness (QED) is 0.870. The van der Waals surface area contributed by atoms with Crippen LogP contribution >= 0.6 is 23.1 Å². The van der Waals surface area contributed by atoms with Gasteiger partial charge in [0.05, 0.1) is 22.7 Å². The standard InChI is InChI=1S/C10H14N2O2S2/c1-6-9(16-5-11-6)10(14)12-4-7(13)3-8(12)15-2/h5,7-8,13H,3-4H2,1-2H3/t7-,8-/m1/s1. The topological polar surface area (TPSA) is 53.4 Å². The SMILES string of the molecule is CS[C@@H]1C[C@@H](O)CN1C(=O)c1scnc1C. The van der Waals surface area contributed by atoms with Gasteiger partial charge in [-0.15, -0.1) is 23.1 Å². The van der Waals surface area contributed by atoms with Gasteiger partial charge in [-0.25, -0.2) is 4.98 Å². The summed E-state index contributed by atoms with van der Waals surface area (Å²) in [7, 11) is 0. The number of carbonyl (C=O) groups is 1. The highest BCUT2D eigenvalue weighted by Crippen LogP contribution is 2.28. The molecule has 1 aromatic rings. The number of rotatable bonds is 2. The van der Waals surface area contributed by atoms with Crippen LogP contribution in [0.3, 0.4) is 0 Å². The molecule has 1 aliphatic heterocycles. The normalized spacial score (nSPS) is 25.1. The minimum atomic E-state index is -0.394. The van der Waals surface area contributed by atoms with E-state index in [0.29, 0.717) is 17.8 Å². The number of aromatic nitrogens is 1. The van der Waals surface area contributed by atoms with Gasteiger partial charge < -0.3 is 10.0 Å². The Morgan fingerprint density at radius 2 is 2.50 bits per heavy atom. The second-order valence-electron chi connectivity index (χ2n) is 3.80. The third kappa shape index (κ3) is 2.09. The average Bonchev–Trinajstić information content (AvgIpc) is 2.83. The molecule has 0 spiro atoms. The molecule has 1 saturated heterocycles. The second kappa shape index (κ2) is 4.73. The van der Waals surface area contributed by atoms with Crippen LogP contribution in [0.4, 0.5) is 0 Å². The number of thiazole rings is 1. The molecule has 88 valence electrons. The Hall–Kier alpha value is -0.590. The number of β-amino-alcohol motifs (C(OH)–C–C–N with tert-alkyl or cyclic N) is 1. The summed E-state index contributed by atoms with van der Waals surface area (Å²) in [6, 6.07) is 0. The highest BCUT2D eigenvalue weighted by Gasteiger charge is 2.35. The number of hydrogen-bond donors (Lipinski definition) is 1. The lowest BCUT2D eigenvalue weighted by atomic mass is 10.3. The van der Waals surface area contributed by atoms with Gasteiger partial charge in [0.25, 0.3) is 5.91 Å². The Morgan fingerprint density at radius 3 is 3.06 bits per heavy atom. The number of nitrogens with zero attached hydrogens (tertiary/aromatic N) is 2. The minimum absolute atomic E-state index is 0.00380. The van der Waals surface area contributed by atoms with Crippen LogP contribution in [-0.4, -0.2) is 45.2 Å². The van der Waals surface area contributed by atoms with Crippen molar-refractivity contribution in [3.8, 4) is 0 Å². The number of thioether (sulfide) groups is 1. The summed E-state index contributed by atoms with van der Waals surface area (Å²) < 4.78 is 0. The summed E-state index contributed by atoms with van der Waals surface area (Å²) in [6.45, 7) is 2.27. The van der Waals surface area contributed by atoms with Crippen LogP contribution in [0, 0.1) is 6.92 Å². The molecule has 1 aromatic heterocycles. The molecular weight excluding hydrogens is 244 g/mol. The maximum Gasteiger partial charge on any atom is 0.266 e. The van der Waals surface area contributed by atoms with E-state index in [1.54, 1.807) is 22.2 Å². The Balaban J connectivity index is 2.19. The van der Waals surface area contributed by atoms with E-state index < -0.39 is 6.10 Å². The molecule has 0 aromatic carbocycles. The molecule has 0 bridgehead atoms. The molecule has 2 rings (SSSR count). The van der Waals surface area contributed by atoms with Crippen molar-refractivity contribution in [3.63, 3.8) is 0 Å². The molecular formula is C10H14N2O2S2. The lowest BCUT2D eigenvalue weighted by molar-refractivity contribution is 0.0757. The highest BCUT2D eigenvalue weighted by atomic mass is 32.2. The van der Waals surface area contributed by atoms with Crippen molar-refractivity contribution < 1.29 is 9.90 Å². The molecule has 1 fully saturated rings. The van der Waals surface area contributed by atoms with Crippen LogP contribution in [-0.2, 0) is 0 Å². The van der Waals surface area contributed by atoms with E-state index in [1.165, 1.54) is 11.3 Å². The summed E-state index contributed by atoms with van der Waals surface area (Å²) in [5.74, 6) is -0.00380. The van der Waals surface area contributed by atoms with Gasteiger partial charge in [-0.2, -0.15) is 0 Å². The summed E-state index contributed by atoms with van der Waals surface area (Å²) in [6.07, 6.45) is 2.22. The fraction of sp³-hybridized carbons (Fsp3) is 0.600. The van der Waals surface area contributed by atoms with Gasteiger partial charge in [-0.1, -0.05) is 0 Å². The Kier molecular flexibility index (Phi) is 3.51. The fourth-order valence-corrected chi connectivity index (χ4v) is 3.46. The fourth-order valence-electron chi connectivity index (χ4n) is 1.85. The molecule has 2 heterocycles. The van der Waals surface area contributed by atoms with Crippen LogP contribution in [0.1, 0.15) is 21.8 Å². The zero-order chi connectivity index (χ0) is 11.7. The smallest absolute Gasteiger partial charge is 0.266 e. The number of hydrogen-bond acceptors (Lipinski definition) is 5. The van der Waals surface area contributed by atoms with Gasteiger partial charge in [0, 0.05) is 13.0 Å². The third-order valence-corrected chi connectivity index (χ3v) is 4.61. The van der Waals surface area contributed by atoms with E-state index in [2.05, 4.69) is 4.98 Å². The first kappa shape index (κ1) is 11.9. The number of aliphatic hydroxyl groups excluding tert-OH is 1. The van der Waals surface area contributed by atoms with Crippen molar-refractivity contribution in [2.75, 3.05) is 12.8 Å². The van der Waals surface area contributed by atoms with Gasteiger partial charge >= 0.3 is 0 Å². The molecule has 16 heavy (non-hydrogen) atoms. The molecule has 1 aliphatic rings. The van der Waals surface area contributed by atoms with E-state index in [9.17, 15) is 9.90 Å². The zero-order valence-electron chi connectivity index (χ0n) is 9.21. The van der Waals surface area contributed by atoms with E-state index >= 15 is 0 Å². The van der Waals surface area contributed by atoms with Crippen molar-refractivity contribution in [1.82, 2.24) is 9.88 Å². The summed E-state index contributed by atoms with van der Waals surface area (Å²) >= 11 is 2.97. The molecule has 1 N–H and O–H groups in total. The second-order valence-corrected chi connectivity index (χ2v) is 5.67. The minimum Gasteiger partial charge on any atom is -0.391 e. The number of aliphatic hydroxyl groups is 1. The molecule has 4 nitrogen and oxygen atoms in total. The average molecular weight is 258 g/mol. The Bertz CT molecular complexity index is 394. The van der Waals surface area contributed by atoms with Crippen molar-refractivity contribution in [1.29, 1.82) is 0 Å². The van der Waals surface area contributed by atoms with E-state index in [1.807, 2.05) is 13.2 Å². The number of likely N-dealkylation sites (tertiary alicyclic amines) is 1. The Labute approximate surface area is 103 Å². The van der Waals surface area contributed by atoms with Crippen LogP contribution in [0.2, 0.25) is 0 Å². The summed E-state index contributed by atoms with van der Waals surface area (Å²) in [5, 5.41) is 9.68. The molecule has 1 amide bonds. The largest absolute Gasteiger partial charge is 0.391 e. The lowest BCUT2D eigenvalue weighted by Crippen LogP contribution is -2.34. The van der Waals surface area contributed by atoms with Gasteiger partial charge in [0.2, 0.25) is 0 Å². The van der Waals surface area contributed by atoms with Gasteiger partial charge in [-0.05, 0) is 13.2 Å². The predicted molar refractivity (Wildman–Crippen MR) is 65.8 cm³/mol. The number of aryl methyl sites for hydroxylation is 1. The predicted octanol–water partition coefficient (Wildman–Crippen LogP) is 1.35. The first-order valence-electron chi connectivity index (χ1n) is 5.05. The van der Waals surface area contributed by atoms with Gasteiger partial charge in [0.15, 0.2) is 0 Å². The number of amides is 1. The highest BCUT2D eigenvalue weighted by molar-refractivity contribution is 7.99.